The number of benzene rings is 2. The molecule has 1 aromatic heterocycles. The van der Waals surface area contributed by atoms with Crippen LogP contribution in [-0.2, 0) is 6.54 Å². The Kier molecular flexibility index (Phi) is 3.66. The van der Waals surface area contributed by atoms with Crippen LogP contribution in [0.4, 0.5) is 14.6 Å². The predicted octanol–water partition coefficient (Wildman–Crippen LogP) is 4.17. The molecule has 0 saturated carbocycles. The number of aromatic nitrogens is 2. The Labute approximate surface area is 124 Å². The van der Waals surface area contributed by atoms with Crippen LogP contribution in [0, 0.1) is 11.6 Å². The minimum Gasteiger partial charge on any atom is -0.365 e. The normalized spacial score (nSPS) is 10.8. The summed E-state index contributed by atoms with van der Waals surface area (Å²) in [4.78, 5) is 8.20. The molecular formula is C15H10ClF2N3. The summed E-state index contributed by atoms with van der Waals surface area (Å²) in [5, 5.41) is 3.83. The summed E-state index contributed by atoms with van der Waals surface area (Å²) in [5.74, 6) is -0.485. The van der Waals surface area contributed by atoms with E-state index in [0.717, 1.165) is 23.6 Å². The molecule has 0 aliphatic rings. The van der Waals surface area contributed by atoms with Crippen molar-refractivity contribution in [1.29, 1.82) is 0 Å². The molecule has 0 radical (unpaired) electrons. The number of nitrogens with one attached hydrogen (secondary N) is 1. The first kappa shape index (κ1) is 13.7. The first-order chi connectivity index (χ1) is 10.1. The maximum absolute atomic E-state index is 13.6. The fourth-order valence-electron chi connectivity index (χ4n) is 2.04. The quantitative estimate of drug-likeness (QED) is 0.738. The van der Waals surface area contributed by atoms with Crippen molar-refractivity contribution in [3.05, 3.63) is 64.9 Å². The van der Waals surface area contributed by atoms with Crippen LogP contribution in [0.1, 0.15) is 5.56 Å². The molecule has 0 aliphatic carbocycles. The van der Waals surface area contributed by atoms with Gasteiger partial charge in [-0.05, 0) is 41.9 Å². The van der Waals surface area contributed by atoms with Gasteiger partial charge < -0.3 is 5.32 Å². The van der Waals surface area contributed by atoms with Crippen molar-refractivity contribution in [2.45, 2.75) is 6.54 Å². The van der Waals surface area contributed by atoms with Gasteiger partial charge in [0.1, 0.15) is 17.5 Å². The van der Waals surface area contributed by atoms with Crippen molar-refractivity contribution in [3.8, 4) is 0 Å². The summed E-state index contributed by atoms with van der Waals surface area (Å²) in [5.41, 5.74) is 0.897. The third-order valence-electron chi connectivity index (χ3n) is 3.03. The lowest BCUT2D eigenvalue weighted by Crippen LogP contribution is -2.05. The molecule has 0 aliphatic heterocycles. The molecular weight excluding hydrogens is 296 g/mol. The van der Waals surface area contributed by atoms with Crippen molar-refractivity contribution in [1.82, 2.24) is 9.97 Å². The molecule has 0 unspecified atom stereocenters. The summed E-state index contributed by atoms with van der Waals surface area (Å²) in [6.07, 6.45) is 0. The van der Waals surface area contributed by atoms with E-state index in [0.29, 0.717) is 11.3 Å². The second-order valence-corrected chi connectivity index (χ2v) is 4.79. The summed E-state index contributed by atoms with van der Waals surface area (Å²) < 4.78 is 26.7. The van der Waals surface area contributed by atoms with E-state index in [9.17, 15) is 8.78 Å². The standard InChI is InChI=1S/C15H10ClF2N3/c16-15-20-13-4-2-1-3-11(13)14(21-15)19-8-9-7-10(17)5-6-12(9)18/h1-7H,8H2,(H,19,20,21). The predicted molar refractivity (Wildman–Crippen MR) is 78.2 cm³/mol. The Bertz CT molecular complexity index is 808. The second kappa shape index (κ2) is 5.61. The first-order valence-corrected chi connectivity index (χ1v) is 6.61. The van der Waals surface area contributed by atoms with E-state index in [2.05, 4.69) is 15.3 Å². The zero-order valence-corrected chi connectivity index (χ0v) is 11.5. The number of anilines is 1. The smallest absolute Gasteiger partial charge is 0.224 e. The zero-order valence-electron chi connectivity index (χ0n) is 10.8. The maximum atomic E-state index is 13.6. The van der Waals surface area contributed by atoms with Gasteiger partial charge in [-0.25, -0.2) is 18.7 Å². The number of hydrogen-bond donors (Lipinski definition) is 1. The van der Waals surface area contributed by atoms with Crippen LogP contribution in [-0.4, -0.2) is 9.97 Å². The summed E-state index contributed by atoms with van der Waals surface area (Å²) in [7, 11) is 0. The molecule has 21 heavy (non-hydrogen) atoms. The Balaban J connectivity index is 1.93. The van der Waals surface area contributed by atoms with Crippen molar-refractivity contribution in [3.63, 3.8) is 0 Å². The van der Waals surface area contributed by atoms with Gasteiger partial charge in [0.05, 0.1) is 5.52 Å². The van der Waals surface area contributed by atoms with Gasteiger partial charge in [-0.1, -0.05) is 12.1 Å². The largest absolute Gasteiger partial charge is 0.365 e. The average molecular weight is 306 g/mol. The fraction of sp³-hybridized carbons (Fsp3) is 0.0667. The zero-order chi connectivity index (χ0) is 14.8. The molecule has 0 bridgehead atoms. The highest BCUT2D eigenvalue weighted by Gasteiger charge is 2.08. The van der Waals surface area contributed by atoms with Crippen LogP contribution in [0.25, 0.3) is 10.9 Å². The van der Waals surface area contributed by atoms with Crippen LogP contribution in [0.15, 0.2) is 42.5 Å². The van der Waals surface area contributed by atoms with Crippen LogP contribution in [0.5, 0.6) is 0 Å². The number of rotatable bonds is 3. The highest BCUT2D eigenvalue weighted by Crippen LogP contribution is 2.22. The summed E-state index contributed by atoms with van der Waals surface area (Å²) in [6, 6.07) is 10.6. The Morgan fingerprint density at radius 3 is 2.71 bits per heavy atom. The maximum Gasteiger partial charge on any atom is 0.224 e. The highest BCUT2D eigenvalue weighted by molar-refractivity contribution is 6.28. The van der Waals surface area contributed by atoms with Gasteiger partial charge in [-0.2, -0.15) is 0 Å². The minimum atomic E-state index is -0.487. The minimum absolute atomic E-state index is 0.0934. The lowest BCUT2D eigenvalue weighted by Gasteiger charge is -2.09. The number of para-hydroxylation sites is 1. The number of fused-ring (bicyclic) bond motifs is 1. The third-order valence-corrected chi connectivity index (χ3v) is 3.20. The highest BCUT2D eigenvalue weighted by atomic mass is 35.5. The molecule has 3 nitrogen and oxygen atoms in total. The molecule has 6 heteroatoms. The number of nitrogens with zero attached hydrogens (tertiary/aromatic N) is 2. The summed E-state index contributed by atoms with van der Waals surface area (Å²) in [6.45, 7) is 0.0981. The molecule has 0 spiro atoms. The second-order valence-electron chi connectivity index (χ2n) is 4.45. The van der Waals surface area contributed by atoms with Crippen molar-refractivity contribution in [2.75, 3.05) is 5.32 Å². The Hall–Kier alpha value is -2.27. The van der Waals surface area contributed by atoms with Crippen molar-refractivity contribution in [2.24, 2.45) is 0 Å². The van der Waals surface area contributed by atoms with Gasteiger partial charge in [0.15, 0.2) is 0 Å². The topological polar surface area (TPSA) is 37.8 Å². The van der Waals surface area contributed by atoms with Gasteiger partial charge in [-0.3, -0.25) is 0 Å². The molecule has 0 atom stereocenters. The van der Waals surface area contributed by atoms with Crippen molar-refractivity contribution >= 4 is 28.3 Å². The fourth-order valence-corrected chi connectivity index (χ4v) is 2.22. The molecule has 0 fully saturated rings. The molecule has 106 valence electrons. The van der Waals surface area contributed by atoms with E-state index in [1.165, 1.54) is 0 Å². The van der Waals surface area contributed by atoms with E-state index >= 15 is 0 Å². The number of hydrogen-bond acceptors (Lipinski definition) is 3. The molecule has 2 aromatic carbocycles. The van der Waals surface area contributed by atoms with E-state index in [1.807, 2.05) is 18.2 Å². The lowest BCUT2D eigenvalue weighted by molar-refractivity contribution is 0.587. The Morgan fingerprint density at radius 2 is 1.86 bits per heavy atom. The van der Waals surface area contributed by atoms with Crippen LogP contribution >= 0.6 is 11.6 Å². The van der Waals surface area contributed by atoms with E-state index in [-0.39, 0.29) is 17.4 Å². The van der Waals surface area contributed by atoms with Gasteiger partial charge in [0.2, 0.25) is 5.28 Å². The lowest BCUT2D eigenvalue weighted by atomic mass is 10.2. The van der Waals surface area contributed by atoms with E-state index in [4.69, 9.17) is 11.6 Å². The molecule has 0 amide bonds. The molecule has 1 heterocycles. The first-order valence-electron chi connectivity index (χ1n) is 6.23. The van der Waals surface area contributed by atoms with Gasteiger partial charge in [0.25, 0.3) is 0 Å². The van der Waals surface area contributed by atoms with E-state index < -0.39 is 11.6 Å². The summed E-state index contributed by atoms with van der Waals surface area (Å²) >= 11 is 5.87. The SMILES string of the molecule is Fc1ccc(F)c(CNc2nc(Cl)nc3ccccc23)c1. The Morgan fingerprint density at radius 1 is 1.05 bits per heavy atom. The molecule has 3 rings (SSSR count). The third kappa shape index (κ3) is 2.92. The van der Waals surface area contributed by atoms with Crippen LogP contribution < -0.4 is 5.32 Å². The number of halogens is 3. The molecule has 0 saturated heterocycles. The molecule has 3 aromatic rings. The molecule has 1 N–H and O–H groups in total. The van der Waals surface area contributed by atoms with E-state index in [1.54, 1.807) is 6.07 Å². The van der Waals surface area contributed by atoms with Crippen LogP contribution in [0.2, 0.25) is 5.28 Å². The average Bonchev–Trinajstić information content (AvgIpc) is 2.47. The van der Waals surface area contributed by atoms with Crippen molar-refractivity contribution < 1.29 is 8.78 Å². The van der Waals surface area contributed by atoms with Crippen LogP contribution in [0.3, 0.4) is 0 Å². The monoisotopic (exact) mass is 305 g/mol. The van der Waals surface area contributed by atoms with Gasteiger partial charge in [-0.15, -0.1) is 0 Å². The van der Waals surface area contributed by atoms with Gasteiger partial charge in [0, 0.05) is 17.5 Å². The van der Waals surface area contributed by atoms with Gasteiger partial charge >= 0.3 is 0 Å².